The summed E-state index contributed by atoms with van der Waals surface area (Å²) in [4.78, 5) is 15.2. The van der Waals surface area contributed by atoms with E-state index < -0.39 is 0 Å². The first-order valence-corrected chi connectivity index (χ1v) is 4.32. The van der Waals surface area contributed by atoms with Crippen molar-refractivity contribution < 1.29 is 4.79 Å². The van der Waals surface area contributed by atoms with Gasteiger partial charge in [0.2, 0.25) is 0 Å². The van der Waals surface area contributed by atoms with E-state index in [1.54, 1.807) is 10.9 Å². The molecule has 11 heavy (non-hydrogen) atoms. The molecular weight excluding hydrogens is 160 g/mol. The molecule has 1 heterocycles. The number of carbonyl (C=O) groups is 1. The Morgan fingerprint density at radius 2 is 2.64 bits per heavy atom. The highest BCUT2D eigenvalue weighted by Crippen LogP contribution is 2.07. The predicted octanol–water partition coefficient (Wildman–Crippen LogP) is 0.921. The van der Waals surface area contributed by atoms with E-state index in [4.69, 9.17) is 5.73 Å². The van der Waals surface area contributed by atoms with Gasteiger partial charge in [-0.2, -0.15) is 0 Å². The van der Waals surface area contributed by atoms with Gasteiger partial charge < -0.3 is 5.73 Å². The van der Waals surface area contributed by atoms with Crippen LogP contribution in [0.3, 0.4) is 0 Å². The lowest BCUT2D eigenvalue weighted by Gasteiger charge is -2.02. The van der Waals surface area contributed by atoms with Gasteiger partial charge in [0.1, 0.15) is 5.69 Å². The molecule has 1 aromatic heterocycles. The van der Waals surface area contributed by atoms with E-state index in [0.29, 0.717) is 12.2 Å². The Hall–Kier alpha value is -0.740. The van der Waals surface area contributed by atoms with Crippen molar-refractivity contribution in [3.8, 4) is 0 Å². The number of rotatable bonds is 3. The van der Waals surface area contributed by atoms with E-state index in [9.17, 15) is 4.79 Å². The average Bonchev–Trinajstić information content (AvgIpc) is 2.53. The first-order valence-electron chi connectivity index (χ1n) is 3.38. The van der Waals surface area contributed by atoms with Crippen molar-refractivity contribution in [3.05, 3.63) is 16.6 Å². The minimum atomic E-state index is -0.114. The van der Waals surface area contributed by atoms with Crippen molar-refractivity contribution in [2.75, 3.05) is 6.54 Å². The minimum Gasteiger partial charge on any atom is -0.330 e. The zero-order chi connectivity index (χ0) is 8.27. The Labute approximate surface area is 69.3 Å². The number of nitrogens with zero attached hydrogens (tertiary/aromatic N) is 1. The summed E-state index contributed by atoms with van der Waals surface area (Å²) in [7, 11) is 0. The first kappa shape index (κ1) is 8.36. The largest absolute Gasteiger partial charge is 0.330 e. The second-order valence-corrected chi connectivity index (χ2v) is 3.09. The molecule has 0 saturated carbocycles. The van der Waals surface area contributed by atoms with Crippen LogP contribution in [0.2, 0.25) is 0 Å². The standard InChI is InChI=1S/C7H10N2OS/c1-5(2-8)7(10)6-3-11-4-9-6/h3-5H,2,8H2,1H3. The molecule has 0 saturated heterocycles. The number of ketones is 1. The number of hydrogen-bond donors (Lipinski definition) is 1. The second kappa shape index (κ2) is 3.59. The Morgan fingerprint density at radius 3 is 3.09 bits per heavy atom. The zero-order valence-electron chi connectivity index (χ0n) is 6.28. The topological polar surface area (TPSA) is 56.0 Å². The lowest BCUT2D eigenvalue weighted by Crippen LogP contribution is -2.20. The Bertz CT molecular complexity index is 233. The van der Waals surface area contributed by atoms with Crippen LogP contribution in [0.15, 0.2) is 10.9 Å². The predicted molar refractivity (Wildman–Crippen MR) is 44.7 cm³/mol. The molecule has 0 spiro atoms. The van der Waals surface area contributed by atoms with E-state index in [2.05, 4.69) is 4.98 Å². The lowest BCUT2D eigenvalue weighted by molar-refractivity contribution is 0.0930. The average molecular weight is 170 g/mol. The fraction of sp³-hybridized carbons (Fsp3) is 0.429. The molecule has 0 fully saturated rings. The monoisotopic (exact) mass is 170 g/mol. The van der Waals surface area contributed by atoms with Gasteiger partial charge in [0.15, 0.2) is 5.78 Å². The highest BCUT2D eigenvalue weighted by atomic mass is 32.1. The lowest BCUT2D eigenvalue weighted by atomic mass is 10.1. The molecule has 1 rings (SSSR count). The number of carbonyl (C=O) groups excluding carboxylic acids is 1. The molecule has 2 N–H and O–H groups in total. The Kier molecular flexibility index (Phi) is 2.73. The molecule has 0 aliphatic carbocycles. The van der Waals surface area contributed by atoms with Crippen LogP contribution in [0.25, 0.3) is 0 Å². The van der Waals surface area contributed by atoms with Crippen molar-refractivity contribution in [2.45, 2.75) is 6.92 Å². The van der Waals surface area contributed by atoms with Gasteiger partial charge in [-0.3, -0.25) is 4.79 Å². The van der Waals surface area contributed by atoms with Crippen LogP contribution < -0.4 is 5.73 Å². The van der Waals surface area contributed by atoms with Crippen molar-refractivity contribution in [1.82, 2.24) is 4.98 Å². The molecule has 0 aliphatic rings. The van der Waals surface area contributed by atoms with Crippen molar-refractivity contribution in [3.63, 3.8) is 0 Å². The molecule has 0 aromatic carbocycles. The summed E-state index contributed by atoms with van der Waals surface area (Å²) < 4.78 is 0. The highest BCUT2D eigenvalue weighted by Gasteiger charge is 2.14. The van der Waals surface area contributed by atoms with Gasteiger partial charge in [-0.1, -0.05) is 6.92 Å². The third-order valence-corrected chi connectivity index (χ3v) is 2.07. The zero-order valence-corrected chi connectivity index (χ0v) is 7.10. The quantitative estimate of drug-likeness (QED) is 0.686. The van der Waals surface area contributed by atoms with Gasteiger partial charge >= 0.3 is 0 Å². The van der Waals surface area contributed by atoms with Gasteiger partial charge in [-0.15, -0.1) is 11.3 Å². The van der Waals surface area contributed by atoms with E-state index in [-0.39, 0.29) is 11.7 Å². The van der Waals surface area contributed by atoms with Crippen LogP contribution >= 0.6 is 11.3 Å². The van der Waals surface area contributed by atoms with Gasteiger partial charge in [0.25, 0.3) is 0 Å². The maximum Gasteiger partial charge on any atom is 0.186 e. The molecular formula is C7H10N2OS. The van der Waals surface area contributed by atoms with Crippen LogP contribution in [0.4, 0.5) is 0 Å². The Balaban J connectivity index is 2.70. The van der Waals surface area contributed by atoms with Crippen LogP contribution in [-0.2, 0) is 0 Å². The van der Waals surface area contributed by atoms with E-state index in [1.165, 1.54) is 11.3 Å². The first-order chi connectivity index (χ1) is 5.25. The SMILES string of the molecule is CC(CN)C(=O)c1cscn1. The summed E-state index contributed by atoms with van der Waals surface area (Å²) >= 11 is 1.42. The summed E-state index contributed by atoms with van der Waals surface area (Å²) in [6.07, 6.45) is 0. The fourth-order valence-corrected chi connectivity index (χ4v) is 1.23. The molecule has 1 atom stereocenters. The van der Waals surface area contributed by atoms with Gasteiger partial charge in [-0.05, 0) is 0 Å². The van der Waals surface area contributed by atoms with Crippen LogP contribution in [0.5, 0.6) is 0 Å². The van der Waals surface area contributed by atoms with Crippen LogP contribution in [0.1, 0.15) is 17.4 Å². The summed E-state index contributed by atoms with van der Waals surface area (Å²) in [5, 5.41) is 1.74. The van der Waals surface area contributed by atoms with E-state index in [0.717, 1.165) is 0 Å². The summed E-state index contributed by atoms with van der Waals surface area (Å²) in [5.41, 5.74) is 7.52. The van der Waals surface area contributed by atoms with Crippen LogP contribution in [0, 0.1) is 5.92 Å². The molecule has 4 heteroatoms. The van der Waals surface area contributed by atoms with Crippen LogP contribution in [-0.4, -0.2) is 17.3 Å². The van der Waals surface area contributed by atoms with Gasteiger partial charge in [0.05, 0.1) is 5.51 Å². The summed E-state index contributed by atoms with van der Waals surface area (Å²) in [6, 6.07) is 0. The Morgan fingerprint density at radius 1 is 1.91 bits per heavy atom. The molecule has 60 valence electrons. The fourth-order valence-electron chi connectivity index (χ4n) is 0.694. The smallest absolute Gasteiger partial charge is 0.186 e. The van der Waals surface area contributed by atoms with Crippen molar-refractivity contribution >= 4 is 17.1 Å². The molecule has 1 aromatic rings. The third kappa shape index (κ3) is 1.85. The molecule has 1 unspecified atom stereocenters. The number of Topliss-reactive ketones (excluding diaryl/α,β-unsaturated/α-hetero) is 1. The maximum absolute atomic E-state index is 11.3. The third-order valence-electron chi connectivity index (χ3n) is 1.49. The minimum absolute atomic E-state index is 0.0359. The maximum atomic E-state index is 11.3. The number of aromatic nitrogens is 1. The van der Waals surface area contributed by atoms with Crippen molar-refractivity contribution in [1.29, 1.82) is 0 Å². The normalized spacial score (nSPS) is 12.9. The molecule has 0 aliphatic heterocycles. The summed E-state index contributed by atoms with van der Waals surface area (Å²) in [6.45, 7) is 2.19. The highest BCUT2D eigenvalue weighted by molar-refractivity contribution is 7.07. The number of hydrogen-bond acceptors (Lipinski definition) is 4. The van der Waals surface area contributed by atoms with E-state index in [1.807, 2.05) is 6.92 Å². The molecule has 0 amide bonds. The number of nitrogens with two attached hydrogens (primary N) is 1. The number of thiazole rings is 1. The van der Waals surface area contributed by atoms with Crippen molar-refractivity contribution in [2.24, 2.45) is 11.7 Å². The summed E-state index contributed by atoms with van der Waals surface area (Å²) in [5.74, 6) is -0.0779. The van der Waals surface area contributed by atoms with E-state index >= 15 is 0 Å². The second-order valence-electron chi connectivity index (χ2n) is 2.37. The van der Waals surface area contributed by atoms with Gasteiger partial charge in [0, 0.05) is 17.8 Å². The molecule has 0 bridgehead atoms. The molecule has 3 nitrogen and oxygen atoms in total. The van der Waals surface area contributed by atoms with Gasteiger partial charge in [-0.25, -0.2) is 4.98 Å². The molecule has 0 radical (unpaired) electrons.